The Bertz CT molecular complexity index is 461. The van der Waals surface area contributed by atoms with E-state index in [1.807, 2.05) is 6.92 Å². The van der Waals surface area contributed by atoms with E-state index in [1.165, 1.54) is 6.07 Å². The maximum Gasteiger partial charge on any atom is 0.254 e. The molecule has 1 aliphatic rings. The van der Waals surface area contributed by atoms with Crippen LogP contribution in [0.15, 0.2) is 18.2 Å². The molecule has 2 unspecified atom stereocenters. The summed E-state index contributed by atoms with van der Waals surface area (Å²) < 4.78 is 19.1. The van der Waals surface area contributed by atoms with Crippen molar-refractivity contribution in [2.24, 2.45) is 5.92 Å². The number of hydrogen-bond acceptors (Lipinski definition) is 2. The summed E-state index contributed by atoms with van der Waals surface area (Å²) in [6.45, 7) is 5.21. The van der Waals surface area contributed by atoms with Crippen LogP contribution in [0.25, 0.3) is 0 Å². The normalized spacial score (nSPS) is 22.5. The van der Waals surface area contributed by atoms with Gasteiger partial charge in [-0.3, -0.25) is 4.79 Å². The fraction of sp³-hybridized carbons (Fsp3) is 0.533. The van der Waals surface area contributed by atoms with Crippen molar-refractivity contribution in [2.75, 3.05) is 13.2 Å². The molecular formula is C15H20FNO2. The van der Waals surface area contributed by atoms with E-state index in [-0.39, 0.29) is 17.6 Å². The van der Waals surface area contributed by atoms with Gasteiger partial charge in [0.1, 0.15) is 5.82 Å². The minimum Gasteiger partial charge on any atom is -0.378 e. The second-order valence-electron chi connectivity index (χ2n) is 5.06. The number of nitrogens with one attached hydrogen (secondary N) is 1. The van der Waals surface area contributed by atoms with Crippen molar-refractivity contribution in [1.82, 2.24) is 5.32 Å². The molecule has 1 amide bonds. The van der Waals surface area contributed by atoms with Crippen molar-refractivity contribution in [3.05, 3.63) is 35.1 Å². The summed E-state index contributed by atoms with van der Waals surface area (Å²) >= 11 is 0. The number of rotatable bonds is 4. The Kier molecular flexibility index (Phi) is 4.53. The van der Waals surface area contributed by atoms with Crippen LogP contribution in [-0.4, -0.2) is 25.2 Å². The van der Waals surface area contributed by atoms with Crippen LogP contribution >= 0.6 is 0 Å². The second-order valence-corrected chi connectivity index (χ2v) is 5.06. The standard InChI is InChI=1S/C15H20FNO2/c1-3-14-11(6-7-19-14)9-17-15(18)12-8-10(2)4-5-13(12)16/h4-5,8,11,14H,3,6-7,9H2,1-2H3,(H,17,18). The van der Waals surface area contributed by atoms with Gasteiger partial charge in [0.05, 0.1) is 11.7 Å². The molecule has 19 heavy (non-hydrogen) atoms. The highest BCUT2D eigenvalue weighted by atomic mass is 19.1. The first-order chi connectivity index (χ1) is 9.11. The molecule has 2 atom stereocenters. The maximum atomic E-state index is 13.6. The van der Waals surface area contributed by atoms with Crippen molar-refractivity contribution in [2.45, 2.75) is 32.8 Å². The lowest BCUT2D eigenvalue weighted by molar-refractivity contribution is 0.0825. The summed E-state index contributed by atoms with van der Waals surface area (Å²) in [6, 6.07) is 4.56. The Hall–Kier alpha value is -1.42. The lowest BCUT2D eigenvalue weighted by Gasteiger charge is -2.17. The van der Waals surface area contributed by atoms with E-state index in [9.17, 15) is 9.18 Å². The molecule has 0 radical (unpaired) electrons. The third-order valence-corrected chi connectivity index (χ3v) is 3.64. The van der Waals surface area contributed by atoms with E-state index in [0.29, 0.717) is 12.5 Å². The molecular weight excluding hydrogens is 245 g/mol. The van der Waals surface area contributed by atoms with Gasteiger partial charge in [0, 0.05) is 19.1 Å². The van der Waals surface area contributed by atoms with Gasteiger partial charge in [-0.15, -0.1) is 0 Å². The predicted molar refractivity (Wildman–Crippen MR) is 71.6 cm³/mol. The van der Waals surface area contributed by atoms with Crippen LogP contribution in [0.4, 0.5) is 4.39 Å². The van der Waals surface area contributed by atoms with Gasteiger partial charge in [-0.25, -0.2) is 4.39 Å². The fourth-order valence-corrected chi connectivity index (χ4v) is 2.51. The third kappa shape index (κ3) is 3.32. The summed E-state index contributed by atoms with van der Waals surface area (Å²) in [5, 5.41) is 2.81. The van der Waals surface area contributed by atoms with Gasteiger partial charge < -0.3 is 10.1 Å². The monoisotopic (exact) mass is 265 g/mol. The SMILES string of the molecule is CCC1OCCC1CNC(=O)c1cc(C)ccc1F. The number of aryl methyl sites for hydroxylation is 1. The van der Waals surface area contributed by atoms with Crippen LogP contribution in [0, 0.1) is 18.7 Å². The predicted octanol–water partition coefficient (Wildman–Crippen LogP) is 2.68. The summed E-state index contributed by atoms with van der Waals surface area (Å²) in [4.78, 5) is 12.0. The number of carbonyl (C=O) groups is 1. The third-order valence-electron chi connectivity index (χ3n) is 3.64. The first-order valence-electron chi connectivity index (χ1n) is 6.77. The molecule has 1 heterocycles. The fourth-order valence-electron chi connectivity index (χ4n) is 2.51. The summed E-state index contributed by atoms with van der Waals surface area (Å²) in [7, 11) is 0. The molecule has 1 aromatic rings. The van der Waals surface area contributed by atoms with Crippen molar-refractivity contribution >= 4 is 5.91 Å². The highest BCUT2D eigenvalue weighted by Crippen LogP contribution is 2.22. The average molecular weight is 265 g/mol. The van der Waals surface area contributed by atoms with Crippen LogP contribution in [0.1, 0.15) is 35.7 Å². The van der Waals surface area contributed by atoms with Gasteiger partial charge in [0.25, 0.3) is 5.91 Å². The largest absolute Gasteiger partial charge is 0.378 e. The van der Waals surface area contributed by atoms with E-state index in [2.05, 4.69) is 12.2 Å². The van der Waals surface area contributed by atoms with Crippen LogP contribution < -0.4 is 5.32 Å². The van der Waals surface area contributed by atoms with Crippen LogP contribution in [0.2, 0.25) is 0 Å². The van der Waals surface area contributed by atoms with Crippen LogP contribution in [0.5, 0.6) is 0 Å². The van der Waals surface area contributed by atoms with Crippen molar-refractivity contribution < 1.29 is 13.9 Å². The molecule has 0 bridgehead atoms. The molecule has 1 aromatic carbocycles. The first kappa shape index (κ1) is 14.0. The Balaban J connectivity index is 1.96. The number of carbonyl (C=O) groups excluding carboxylic acids is 1. The topological polar surface area (TPSA) is 38.3 Å². The average Bonchev–Trinajstić information content (AvgIpc) is 2.86. The molecule has 0 aliphatic carbocycles. The van der Waals surface area contributed by atoms with E-state index in [4.69, 9.17) is 4.74 Å². The molecule has 0 aromatic heterocycles. The molecule has 0 spiro atoms. The molecule has 104 valence electrons. The summed E-state index contributed by atoms with van der Waals surface area (Å²) in [5.74, 6) is -0.484. The molecule has 1 aliphatic heterocycles. The van der Waals surface area contributed by atoms with Crippen molar-refractivity contribution in [3.8, 4) is 0 Å². The highest BCUT2D eigenvalue weighted by molar-refractivity contribution is 5.94. The van der Waals surface area contributed by atoms with E-state index < -0.39 is 5.82 Å². The molecule has 1 saturated heterocycles. The maximum absolute atomic E-state index is 13.6. The number of halogens is 1. The summed E-state index contributed by atoms with van der Waals surface area (Å²) in [6.07, 6.45) is 2.11. The van der Waals surface area contributed by atoms with Gasteiger partial charge >= 0.3 is 0 Å². The number of benzene rings is 1. The van der Waals surface area contributed by atoms with E-state index >= 15 is 0 Å². The molecule has 1 fully saturated rings. The zero-order valence-electron chi connectivity index (χ0n) is 11.4. The quantitative estimate of drug-likeness (QED) is 0.909. The minimum atomic E-state index is -0.474. The Morgan fingerprint density at radius 2 is 2.32 bits per heavy atom. The van der Waals surface area contributed by atoms with Crippen molar-refractivity contribution in [1.29, 1.82) is 0 Å². The zero-order valence-corrected chi connectivity index (χ0v) is 11.4. The van der Waals surface area contributed by atoms with Gasteiger partial charge in [0.15, 0.2) is 0 Å². The van der Waals surface area contributed by atoms with Crippen LogP contribution in [-0.2, 0) is 4.74 Å². The molecule has 2 rings (SSSR count). The number of amides is 1. The molecule has 4 heteroatoms. The highest BCUT2D eigenvalue weighted by Gasteiger charge is 2.27. The molecule has 0 saturated carbocycles. The van der Waals surface area contributed by atoms with Gasteiger partial charge in [0.2, 0.25) is 0 Å². The Labute approximate surface area is 113 Å². The van der Waals surface area contributed by atoms with E-state index in [0.717, 1.165) is 25.0 Å². The number of ether oxygens (including phenoxy) is 1. The number of hydrogen-bond donors (Lipinski definition) is 1. The van der Waals surface area contributed by atoms with Gasteiger partial charge in [-0.2, -0.15) is 0 Å². The van der Waals surface area contributed by atoms with Gasteiger partial charge in [-0.1, -0.05) is 18.6 Å². The van der Waals surface area contributed by atoms with E-state index in [1.54, 1.807) is 12.1 Å². The minimum absolute atomic E-state index is 0.118. The first-order valence-corrected chi connectivity index (χ1v) is 6.77. The Morgan fingerprint density at radius 3 is 3.05 bits per heavy atom. The lowest BCUT2D eigenvalue weighted by Crippen LogP contribution is -2.33. The smallest absolute Gasteiger partial charge is 0.254 e. The van der Waals surface area contributed by atoms with Gasteiger partial charge in [-0.05, 0) is 31.9 Å². The lowest BCUT2D eigenvalue weighted by atomic mass is 9.99. The zero-order chi connectivity index (χ0) is 13.8. The van der Waals surface area contributed by atoms with Crippen LogP contribution in [0.3, 0.4) is 0 Å². The second kappa shape index (κ2) is 6.15. The molecule has 1 N–H and O–H groups in total. The summed E-state index contributed by atoms with van der Waals surface area (Å²) in [5.41, 5.74) is 0.995. The van der Waals surface area contributed by atoms with Crippen molar-refractivity contribution in [3.63, 3.8) is 0 Å². The Morgan fingerprint density at radius 1 is 1.53 bits per heavy atom. The molecule has 3 nitrogen and oxygen atoms in total.